The highest BCUT2D eigenvalue weighted by Gasteiger charge is 2.12. The number of rotatable bonds is 6. The second kappa shape index (κ2) is 8.08. The van der Waals surface area contributed by atoms with E-state index in [0.29, 0.717) is 12.4 Å². The van der Waals surface area contributed by atoms with Gasteiger partial charge in [-0.3, -0.25) is 9.69 Å². The van der Waals surface area contributed by atoms with Gasteiger partial charge in [-0.2, -0.15) is 5.10 Å². The molecule has 1 saturated heterocycles. The Labute approximate surface area is 142 Å². The third-order valence-electron chi connectivity index (χ3n) is 4.20. The summed E-state index contributed by atoms with van der Waals surface area (Å²) in [6.45, 7) is 3.68. The van der Waals surface area contributed by atoms with Gasteiger partial charge in [-0.05, 0) is 49.7 Å². The van der Waals surface area contributed by atoms with Gasteiger partial charge in [0.15, 0.2) is 5.69 Å². The third kappa shape index (κ3) is 4.43. The Morgan fingerprint density at radius 1 is 1.17 bits per heavy atom. The molecule has 0 aliphatic carbocycles. The summed E-state index contributed by atoms with van der Waals surface area (Å²) in [5.41, 5.74) is 2.44. The highest BCUT2D eigenvalue weighted by Crippen LogP contribution is 2.15. The van der Waals surface area contributed by atoms with Crippen LogP contribution in [0.3, 0.4) is 0 Å². The molecule has 1 aromatic carbocycles. The summed E-state index contributed by atoms with van der Waals surface area (Å²) >= 11 is 0. The maximum absolute atomic E-state index is 12.2. The van der Waals surface area contributed by atoms with Gasteiger partial charge in [-0.1, -0.05) is 18.6 Å². The Bertz CT molecular complexity index is 660. The summed E-state index contributed by atoms with van der Waals surface area (Å²) in [7, 11) is 1.59. The first-order valence-electron chi connectivity index (χ1n) is 8.39. The van der Waals surface area contributed by atoms with Crippen molar-refractivity contribution >= 4 is 11.6 Å². The molecule has 1 fully saturated rings. The standard InChI is InChI=1S/C18H24N4O2/c1-24-14-22-12-9-17(20-22)18(23)19-16-7-5-15(6-8-16)13-21-10-3-2-4-11-21/h5-9,12H,2-4,10-11,13-14H2,1H3,(H,19,23). The van der Waals surface area contributed by atoms with Crippen molar-refractivity contribution in [1.29, 1.82) is 0 Å². The molecule has 6 nitrogen and oxygen atoms in total. The van der Waals surface area contributed by atoms with Gasteiger partial charge in [-0.25, -0.2) is 4.68 Å². The number of methoxy groups -OCH3 is 1. The number of ether oxygens (including phenoxy) is 1. The molecule has 1 aromatic heterocycles. The smallest absolute Gasteiger partial charge is 0.276 e. The molecular formula is C18H24N4O2. The largest absolute Gasteiger partial charge is 0.362 e. The topological polar surface area (TPSA) is 59.4 Å². The lowest BCUT2D eigenvalue weighted by Crippen LogP contribution is -2.29. The van der Waals surface area contributed by atoms with Gasteiger partial charge in [0.1, 0.15) is 6.73 Å². The number of likely N-dealkylation sites (tertiary alicyclic amines) is 1. The van der Waals surface area contributed by atoms with Crippen molar-refractivity contribution in [3.8, 4) is 0 Å². The van der Waals surface area contributed by atoms with Gasteiger partial charge in [-0.15, -0.1) is 0 Å². The van der Waals surface area contributed by atoms with Gasteiger partial charge in [0.05, 0.1) is 0 Å². The first-order valence-corrected chi connectivity index (χ1v) is 8.39. The minimum absolute atomic E-state index is 0.214. The van der Waals surface area contributed by atoms with Gasteiger partial charge in [0.25, 0.3) is 5.91 Å². The van der Waals surface area contributed by atoms with E-state index in [1.165, 1.54) is 37.9 Å². The summed E-state index contributed by atoms with van der Waals surface area (Å²) in [5, 5.41) is 7.04. The molecule has 0 radical (unpaired) electrons. The number of nitrogens with one attached hydrogen (secondary N) is 1. The minimum atomic E-state index is -0.214. The maximum Gasteiger partial charge on any atom is 0.276 e. The van der Waals surface area contributed by atoms with Gasteiger partial charge < -0.3 is 10.1 Å². The Morgan fingerprint density at radius 3 is 2.62 bits per heavy atom. The van der Waals surface area contributed by atoms with Crippen LogP contribution in [0.4, 0.5) is 5.69 Å². The van der Waals surface area contributed by atoms with Crippen LogP contribution in [0, 0.1) is 0 Å². The van der Waals surface area contributed by atoms with Crippen LogP contribution in [0.2, 0.25) is 0 Å². The predicted octanol–water partition coefficient (Wildman–Crippen LogP) is 2.73. The molecule has 0 spiro atoms. The fourth-order valence-corrected chi connectivity index (χ4v) is 2.95. The Kier molecular flexibility index (Phi) is 5.61. The SMILES string of the molecule is COCn1ccc(C(=O)Nc2ccc(CN3CCCCC3)cc2)n1. The number of carbonyl (C=O) groups excluding carboxylic acids is 1. The molecule has 0 bridgehead atoms. The van der Waals surface area contributed by atoms with Crippen LogP contribution in [-0.4, -0.2) is 40.8 Å². The number of amides is 1. The number of carbonyl (C=O) groups is 1. The van der Waals surface area contributed by atoms with Crippen LogP contribution >= 0.6 is 0 Å². The lowest BCUT2D eigenvalue weighted by Gasteiger charge is -2.26. The van der Waals surface area contributed by atoms with Crippen molar-refractivity contribution in [1.82, 2.24) is 14.7 Å². The number of benzene rings is 1. The molecule has 2 aromatic rings. The molecule has 0 saturated carbocycles. The van der Waals surface area contributed by atoms with Crippen molar-refractivity contribution in [2.24, 2.45) is 0 Å². The second-order valence-corrected chi connectivity index (χ2v) is 6.15. The predicted molar refractivity (Wildman–Crippen MR) is 92.8 cm³/mol. The number of hydrogen-bond donors (Lipinski definition) is 1. The van der Waals surface area contributed by atoms with Crippen LogP contribution in [0.15, 0.2) is 36.5 Å². The highest BCUT2D eigenvalue weighted by molar-refractivity contribution is 6.02. The number of nitrogens with zero attached hydrogens (tertiary/aromatic N) is 3. The molecule has 1 aliphatic rings. The average Bonchev–Trinajstić information content (AvgIpc) is 3.07. The zero-order valence-corrected chi connectivity index (χ0v) is 14.1. The van der Waals surface area contributed by atoms with E-state index in [0.717, 1.165) is 12.2 Å². The van der Waals surface area contributed by atoms with E-state index < -0.39 is 0 Å². The molecule has 1 aliphatic heterocycles. The number of hydrogen-bond acceptors (Lipinski definition) is 4. The molecule has 1 N–H and O–H groups in total. The third-order valence-corrected chi connectivity index (χ3v) is 4.20. The summed E-state index contributed by atoms with van der Waals surface area (Å²) < 4.78 is 6.56. The van der Waals surface area contributed by atoms with Crippen molar-refractivity contribution in [3.05, 3.63) is 47.8 Å². The van der Waals surface area contributed by atoms with E-state index in [2.05, 4.69) is 27.4 Å². The van der Waals surface area contributed by atoms with Crippen LogP contribution in [0.25, 0.3) is 0 Å². The molecule has 128 valence electrons. The Morgan fingerprint density at radius 2 is 1.92 bits per heavy atom. The monoisotopic (exact) mass is 328 g/mol. The zero-order chi connectivity index (χ0) is 16.8. The Hall–Kier alpha value is -2.18. The molecule has 2 heterocycles. The number of piperidine rings is 1. The lowest BCUT2D eigenvalue weighted by atomic mass is 10.1. The fraction of sp³-hybridized carbons (Fsp3) is 0.444. The molecule has 6 heteroatoms. The fourth-order valence-electron chi connectivity index (χ4n) is 2.95. The first kappa shape index (κ1) is 16.7. The van der Waals surface area contributed by atoms with E-state index in [9.17, 15) is 4.79 Å². The second-order valence-electron chi connectivity index (χ2n) is 6.15. The maximum atomic E-state index is 12.2. The molecule has 3 rings (SSSR count). The Balaban J connectivity index is 1.55. The van der Waals surface area contributed by atoms with Gasteiger partial charge in [0, 0.05) is 25.5 Å². The summed E-state index contributed by atoms with van der Waals surface area (Å²) in [4.78, 5) is 14.7. The highest BCUT2D eigenvalue weighted by atomic mass is 16.5. The number of anilines is 1. The quantitative estimate of drug-likeness (QED) is 0.886. The molecule has 0 unspecified atom stereocenters. The van der Waals surface area contributed by atoms with Crippen LogP contribution < -0.4 is 5.32 Å². The summed E-state index contributed by atoms with van der Waals surface area (Å²) in [6.07, 6.45) is 5.66. The van der Waals surface area contributed by atoms with E-state index in [-0.39, 0.29) is 5.91 Å². The molecule has 0 atom stereocenters. The summed E-state index contributed by atoms with van der Waals surface area (Å²) in [5.74, 6) is -0.214. The van der Waals surface area contributed by atoms with E-state index >= 15 is 0 Å². The lowest BCUT2D eigenvalue weighted by molar-refractivity contribution is 0.101. The molecule has 1 amide bonds. The van der Waals surface area contributed by atoms with Crippen LogP contribution in [0.1, 0.15) is 35.3 Å². The molecule has 24 heavy (non-hydrogen) atoms. The first-order chi connectivity index (χ1) is 11.7. The van der Waals surface area contributed by atoms with E-state index in [1.807, 2.05) is 12.1 Å². The average molecular weight is 328 g/mol. The van der Waals surface area contributed by atoms with Crippen LogP contribution in [0.5, 0.6) is 0 Å². The van der Waals surface area contributed by atoms with E-state index in [4.69, 9.17) is 4.74 Å². The van der Waals surface area contributed by atoms with Gasteiger partial charge >= 0.3 is 0 Å². The van der Waals surface area contributed by atoms with Crippen molar-refractivity contribution < 1.29 is 9.53 Å². The van der Waals surface area contributed by atoms with Gasteiger partial charge in [0.2, 0.25) is 0 Å². The zero-order valence-electron chi connectivity index (χ0n) is 14.1. The van der Waals surface area contributed by atoms with E-state index in [1.54, 1.807) is 24.1 Å². The number of aromatic nitrogens is 2. The van der Waals surface area contributed by atoms with Crippen LogP contribution in [-0.2, 0) is 18.0 Å². The molecular weight excluding hydrogens is 304 g/mol. The van der Waals surface area contributed by atoms with Crippen molar-refractivity contribution in [2.45, 2.75) is 32.5 Å². The minimum Gasteiger partial charge on any atom is -0.362 e. The normalized spacial score (nSPS) is 15.4. The van der Waals surface area contributed by atoms with Crippen molar-refractivity contribution in [3.63, 3.8) is 0 Å². The van der Waals surface area contributed by atoms with Crippen molar-refractivity contribution in [2.75, 3.05) is 25.5 Å². The summed E-state index contributed by atoms with van der Waals surface area (Å²) in [6, 6.07) is 9.73.